The predicted molar refractivity (Wildman–Crippen MR) is 143 cm³/mol. The fourth-order valence-electron chi connectivity index (χ4n) is 3.20. The van der Waals surface area contributed by atoms with Gasteiger partial charge in [-0.15, -0.1) is 11.3 Å². The molecule has 0 saturated carbocycles. The second-order valence-corrected chi connectivity index (χ2v) is 9.63. The van der Waals surface area contributed by atoms with E-state index in [4.69, 9.17) is 30.5 Å². The molecule has 0 aromatic heterocycles. The van der Waals surface area contributed by atoms with Gasteiger partial charge in [-0.25, -0.2) is 14.4 Å². The van der Waals surface area contributed by atoms with Crippen molar-refractivity contribution in [2.75, 3.05) is 31.5 Å². The van der Waals surface area contributed by atoms with E-state index in [-0.39, 0.29) is 0 Å². The number of carboxylic acids is 2. The van der Waals surface area contributed by atoms with Gasteiger partial charge in [-0.2, -0.15) is 26.3 Å². The smallest absolute Gasteiger partial charge is 0.490 e. The van der Waals surface area contributed by atoms with E-state index in [0.29, 0.717) is 6.54 Å². The van der Waals surface area contributed by atoms with Gasteiger partial charge in [-0.05, 0) is 24.3 Å². The molecule has 2 aliphatic rings. The van der Waals surface area contributed by atoms with Gasteiger partial charge in [0.2, 0.25) is 5.36 Å². The SMILES string of the molecule is CCCC[N+](CCCC)=c1ccc2nc3ccc(NCCN)cc3sc-2c1.O=C(O)C(F)(F)F.O=C([O-])C(F)(F)F. The van der Waals surface area contributed by atoms with Crippen LogP contribution in [-0.2, 0) is 9.59 Å². The molecule has 3 rings (SSSR count). The summed E-state index contributed by atoms with van der Waals surface area (Å²) in [6.07, 6.45) is -5.36. The number of alkyl halides is 6. The molecule has 0 atom stereocenters. The Kier molecular flexibility index (Phi) is 14.5. The van der Waals surface area contributed by atoms with Crippen molar-refractivity contribution < 1.29 is 46.1 Å². The summed E-state index contributed by atoms with van der Waals surface area (Å²) in [6, 6.07) is 13.1. The maximum atomic E-state index is 10.6. The van der Waals surface area contributed by atoms with Crippen LogP contribution in [0, 0.1) is 0 Å². The number of nitrogens with two attached hydrogens (primary N) is 1. The van der Waals surface area contributed by atoms with Crippen LogP contribution in [0.4, 0.5) is 32.0 Å². The van der Waals surface area contributed by atoms with Crippen molar-refractivity contribution in [3.05, 3.63) is 41.8 Å². The molecule has 1 heterocycles. The minimum Gasteiger partial charge on any atom is -0.542 e. The topological polar surface area (TPSA) is 131 Å². The summed E-state index contributed by atoms with van der Waals surface area (Å²) in [7, 11) is 0. The Morgan fingerprint density at radius 1 is 1.00 bits per heavy atom. The van der Waals surface area contributed by atoms with Gasteiger partial charge in [-0.3, -0.25) is 0 Å². The Bertz CT molecular complexity index is 1280. The Morgan fingerprint density at radius 3 is 2.02 bits per heavy atom. The molecular weight excluding hydrogens is 578 g/mol. The molecule has 41 heavy (non-hydrogen) atoms. The van der Waals surface area contributed by atoms with E-state index in [2.05, 4.69) is 60.1 Å². The van der Waals surface area contributed by atoms with Crippen molar-refractivity contribution in [1.29, 1.82) is 0 Å². The van der Waals surface area contributed by atoms with E-state index in [0.717, 1.165) is 36.5 Å². The number of nitrogens with zero attached hydrogens (tertiary/aromatic N) is 2. The fourth-order valence-corrected chi connectivity index (χ4v) is 4.24. The third kappa shape index (κ3) is 12.7. The number of unbranched alkanes of at least 4 members (excludes halogenated alkanes) is 2. The van der Waals surface area contributed by atoms with Crippen LogP contribution in [0.3, 0.4) is 0 Å². The highest BCUT2D eigenvalue weighted by molar-refractivity contribution is 7.21. The molecule has 228 valence electrons. The van der Waals surface area contributed by atoms with Crippen molar-refractivity contribution in [1.82, 2.24) is 9.56 Å². The number of carbonyl (C=O) groups is 2. The van der Waals surface area contributed by atoms with Crippen LogP contribution < -0.4 is 26.1 Å². The lowest BCUT2D eigenvalue weighted by Crippen LogP contribution is -2.37. The minimum absolute atomic E-state index is 0.631. The maximum absolute atomic E-state index is 10.6. The molecule has 1 aromatic rings. The van der Waals surface area contributed by atoms with Gasteiger partial charge in [0.15, 0.2) is 0 Å². The molecule has 1 aromatic carbocycles. The van der Waals surface area contributed by atoms with E-state index < -0.39 is 24.3 Å². The Hall–Kier alpha value is -3.46. The van der Waals surface area contributed by atoms with Crippen molar-refractivity contribution >= 4 is 39.2 Å². The fraction of sp³-hybridized carbons (Fsp3) is 0.462. The lowest BCUT2D eigenvalue weighted by atomic mass is 10.2. The number of hydrogen-bond donors (Lipinski definition) is 3. The highest BCUT2D eigenvalue weighted by Crippen LogP contribution is 2.30. The molecule has 15 heteroatoms. The second-order valence-electron chi connectivity index (χ2n) is 8.55. The van der Waals surface area contributed by atoms with Gasteiger partial charge in [0.25, 0.3) is 0 Å². The lowest BCUT2D eigenvalue weighted by Gasteiger charge is -2.09. The average molecular weight is 611 g/mol. The van der Waals surface area contributed by atoms with E-state index in [1.807, 2.05) is 11.3 Å². The standard InChI is InChI=1S/C22H30N4S.2C2HF3O2/c1-3-5-13-26(14-6-4-2)18-8-10-20-22(16-18)27-21-15-17(24-12-11-23)7-9-19(21)25-20;2*3-2(4,5)1(6)7/h7-10,15-16H,3-6,11-14,23H2,1-2H3;2*(H,6,7). The van der Waals surface area contributed by atoms with E-state index >= 15 is 0 Å². The molecule has 0 radical (unpaired) electrons. The van der Waals surface area contributed by atoms with E-state index in [1.54, 1.807) is 0 Å². The van der Waals surface area contributed by atoms with Gasteiger partial charge in [0.05, 0.1) is 20.8 Å². The molecule has 0 amide bonds. The number of nitrogens with one attached hydrogen (secondary N) is 1. The Morgan fingerprint density at radius 2 is 1.56 bits per heavy atom. The van der Waals surface area contributed by atoms with E-state index in [9.17, 15) is 26.3 Å². The van der Waals surface area contributed by atoms with Gasteiger partial charge in [0.1, 0.15) is 19.1 Å². The molecule has 1 aliphatic heterocycles. The number of anilines is 1. The summed E-state index contributed by atoms with van der Waals surface area (Å²) in [6.45, 7) is 8.18. The summed E-state index contributed by atoms with van der Waals surface area (Å²) >= 11 is 1.82. The van der Waals surface area contributed by atoms with Gasteiger partial charge < -0.3 is 26.1 Å². The van der Waals surface area contributed by atoms with Crippen molar-refractivity contribution in [3.63, 3.8) is 0 Å². The number of fused-ring (bicyclic) bond motifs is 2. The first-order valence-electron chi connectivity index (χ1n) is 12.6. The molecule has 0 unspecified atom stereocenters. The maximum Gasteiger partial charge on any atom is 0.490 e. The monoisotopic (exact) mass is 610 g/mol. The van der Waals surface area contributed by atoms with Crippen molar-refractivity contribution in [2.45, 2.75) is 51.9 Å². The molecule has 1 aliphatic carbocycles. The molecule has 0 spiro atoms. The van der Waals surface area contributed by atoms with Gasteiger partial charge >= 0.3 is 18.3 Å². The highest BCUT2D eigenvalue weighted by Gasteiger charge is 2.38. The average Bonchev–Trinajstić information content (AvgIpc) is 2.90. The first-order chi connectivity index (χ1) is 19.1. The van der Waals surface area contributed by atoms with Crippen LogP contribution in [-0.4, -0.2) is 60.6 Å². The zero-order chi connectivity index (χ0) is 31.2. The zero-order valence-electron chi connectivity index (χ0n) is 22.4. The Balaban J connectivity index is 0.000000497. The lowest BCUT2D eigenvalue weighted by molar-refractivity contribution is -0.344. The third-order valence-corrected chi connectivity index (χ3v) is 6.33. The summed E-state index contributed by atoms with van der Waals surface area (Å²) in [5, 5.41) is 20.6. The molecule has 0 bridgehead atoms. The Labute approximate surface area is 236 Å². The number of aromatic nitrogens is 1. The summed E-state index contributed by atoms with van der Waals surface area (Å²) in [5.74, 6) is -5.76. The minimum atomic E-state index is -5.19. The second kappa shape index (κ2) is 16.7. The van der Waals surface area contributed by atoms with Gasteiger partial charge in [0, 0.05) is 43.8 Å². The van der Waals surface area contributed by atoms with Crippen LogP contribution in [0.15, 0.2) is 36.4 Å². The van der Waals surface area contributed by atoms with Crippen LogP contribution in [0.5, 0.6) is 0 Å². The molecule has 0 fully saturated rings. The van der Waals surface area contributed by atoms with Crippen molar-refractivity contribution in [3.8, 4) is 10.6 Å². The number of rotatable bonds is 9. The quantitative estimate of drug-likeness (QED) is 0.189. The number of benzene rings is 2. The van der Waals surface area contributed by atoms with Gasteiger partial charge in [-0.1, -0.05) is 26.7 Å². The first kappa shape index (κ1) is 35.6. The molecule has 0 saturated heterocycles. The predicted octanol–water partition coefficient (Wildman–Crippen LogP) is 4.08. The zero-order valence-corrected chi connectivity index (χ0v) is 23.3. The summed E-state index contributed by atoms with van der Waals surface area (Å²) in [5.41, 5.74) is 8.83. The number of halogens is 6. The van der Waals surface area contributed by atoms with Crippen LogP contribution in [0.1, 0.15) is 39.5 Å². The first-order valence-corrected chi connectivity index (χ1v) is 13.4. The third-order valence-electron chi connectivity index (χ3n) is 5.24. The summed E-state index contributed by atoms with van der Waals surface area (Å²) < 4.78 is 67.0. The van der Waals surface area contributed by atoms with Crippen LogP contribution in [0.2, 0.25) is 0 Å². The molecule has 4 N–H and O–H groups in total. The number of aliphatic carboxylic acids is 2. The number of hydrogen-bond acceptors (Lipinski definition) is 7. The van der Waals surface area contributed by atoms with Crippen LogP contribution in [0.25, 0.3) is 20.8 Å². The van der Waals surface area contributed by atoms with E-state index in [1.165, 1.54) is 40.6 Å². The number of carbonyl (C=O) groups excluding carboxylic acids is 1. The molecular formula is C26H32F6N4O4S. The normalized spacial score (nSPS) is 11.2. The molecule has 8 nitrogen and oxygen atoms in total. The summed E-state index contributed by atoms with van der Waals surface area (Å²) in [4.78, 5) is 23.8. The number of carboxylic acid groups (broad SMARTS) is 2. The van der Waals surface area contributed by atoms with Crippen molar-refractivity contribution in [2.24, 2.45) is 5.73 Å². The highest BCUT2D eigenvalue weighted by atomic mass is 32.1. The van der Waals surface area contributed by atoms with Crippen LogP contribution >= 0.6 is 11.3 Å². The largest absolute Gasteiger partial charge is 0.542 e.